The van der Waals surface area contributed by atoms with Crippen LogP contribution in [0.25, 0.3) is 0 Å². The molecule has 0 aliphatic heterocycles. The molecular weight excluding hydrogens is 279 g/mol. The van der Waals surface area contributed by atoms with Gasteiger partial charge in [-0.15, -0.1) is 0 Å². The maximum Gasteiger partial charge on any atom is 0.188 e. The van der Waals surface area contributed by atoms with Crippen LogP contribution in [-0.4, -0.2) is 13.9 Å². The van der Waals surface area contributed by atoms with Crippen molar-refractivity contribution in [2.24, 2.45) is 0 Å². The van der Waals surface area contributed by atoms with Gasteiger partial charge in [-0.2, -0.15) is 0 Å². The molecule has 0 amide bonds. The van der Waals surface area contributed by atoms with E-state index in [-0.39, 0.29) is 6.79 Å². The first-order valence-corrected chi connectivity index (χ1v) is 4.97. The molecule has 0 unspecified atom stereocenters. The van der Waals surface area contributed by atoms with E-state index in [2.05, 4.69) is 15.9 Å². The molecule has 0 saturated carbocycles. The van der Waals surface area contributed by atoms with Crippen molar-refractivity contribution in [3.05, 3.63) is 26.7 Å². The Morgan fingerprint density at radius 3 is 2.69 bits per heavy atom. The summed E-state index contributed by atoms with van der Waals surface area (Å²) in [5.74, 6) is 0.430. The lowest BCUT2D eigenvalue weighted by Gasteiger charge is -2.09. The van der Waals surface area contributed by atoms with Crippen LogP contribution in [0.4, 0.5) is 0 Å². The summed E-state index contributed by atoms with van der Waals surface area (Å²) in [5.41, 5.74) is 0. The third-order valence-electron chi connectivity index (χ3n) is 1.32. The highest BCUT2D eigenvalue weighted by Gasteiger charge is 2.09. The minimum Gasteiger partial charge on any atom is -0.464 e. The van der Waals surface area contributed by atoms with Crippen molar-refractivity contribution in [3.8, 4) is 5.75 Å². The predicted molar refractivity (Wildman–Crippen MR) is 56.7 cm³/mol. The van der Waals surface area contributed by atoms with Gasteiger partial charge in [-0.25, -0.2) is 0 Å². The fraction of sp³-hybridized carbons (Fsp3) is 0.250. The van der Waals surface area contributed by atoms with Crippen LogP contribution in [0.1, 0.15) is 0 Å². The summed E-state index contributed by atoms with van der Waals surface area (Å²) in [5, 5.41) is 0.912. The Hall–Kier alpha value is 0.0400. The number of ether oxygens (including phenoxy) is 2. The van der Waals surface area contributed by atoms with E-state index >= 15 is 0 Å². The first-order valence-electron chi connectivity index (χ1n) is 3.42. The lowest BCUT2D eigenvalue weighted by atomic mass is 10.3. The smallest absolute Gasteiger partial charge is 0.188 e. The van der Waals surface area contributed by atoms with Gasteiger partial charge in [-0.3, -0.25) is 0 Å². The van der Waals surface area contributed by atoms with Crippen LogP contribution >= 0.6 is 39.1 Å². The summed E-state index contributed by atoms with van der Waals surface area (Å²) >= 11 is 15.0. The molecule has 72 valence electrons. The molecule has 0 fully saturated rings. The molecule has 0 N–H and O–H groups in total. The predicted octanol–water partition coefficient (Wildman–Crippen LogP) is 3.74. The third-order valence-corrected chi connectivity index (χ3v) is 2.89. The molecule has 0 aliphatic carbocycles. The Kier molecular flexibility index (Phi) is 4.32. The molecule has 1 aromatic carbocycles. The van der Waals surface area contributed by atoms with Gasteiger partial charge in [0.2, 0.25) is 0 Å². The van der Waals surface area contributed by atoms with Crippen molar-refractivity contribution in [3.63, 3.8) is 0 Å². The lowest BCUT2D eigenvalue weighted by Crippen LogP contribution is -2.00. The zero-order valence-electron chi connectivity index (χ0n) is 6.81. The first kappa shape index (κ1) is 11.1. The van der Waals surface area contributed by atoms with Crippen molar-refractivity contribution in [1.29, 1.82) is 0 Å². The fourth-order valence-corrected chi connectivity index (χ4v) is 1.55. The van der Waals surface area contributed by atoms with E-state index in [0.717, 1.165) is 4.47 Å². The van der Waals surface area contributed by atoms with Gasteiger partial charge in [0, 0.05) is 11.6 Å². The zero-order chi connectivity index (χ0) is 9.84. The van der Waals surface area contributed by atoms with E-state index < -0.39 is 0 Å². The molecule has 2 nitrogen and oxygen atoms in total. The van der Waals surface area contributed by atoms with E-state index in [1.54, 1.807) is 12.1 Å². The average molecular weight is 286 g/mol. The van der Waals surface area contributed by atoms with Crippen LogP contribution < -0.4 is 4.74 Å². The van der Waals surface area contributed by atoms with Crippen LogP contribution in [0.2, 0.25) is 10.0 Å². The average Bonchev–Trinajstić information content (AvgIpc) is 2.12. The van der Waals surface area contributed by atoms with Gasteiger partial charge < -0.3 is 9.47 Å². The van der Waals surface area contributed by atoms with Crippen LogP contribution in [0.15, 0.2) is 16.6 Å². The molecule has 5 heteroatoms. The second-order valence-electron chi connectivity index (χ2n) is 2.22. The first-order chi connectivity index (χ1) is 6.16. The molecule has 1 aromatic rings. The number of halogens is 3. The number of rotatable bonds is 3. The topological polar surface area (TPSA) is 18.5 Å². The van der Waals surface area contributed by atoms with Gasteiger partial charge in [-0.05, 0) is 28.1 Å². The second-order valence-corrected chi connectivity index (χ2v) is 3.86. The lowest BCUT2D eigenvalue weighted by molar-refractivity contribution is 0.0512. The highest BCUT2D eigenvalue weighted by molar-refractivity contribution is 9.10. The van der Waals surface area contributed by atoms with Crippen molar-refractivity contribution in [1.82, 2.24) is 0 Å². The van der Waals surface area contributed by atoms with Crippen molar-refractivity contribution in [2.75, 3.05) is 13.9 Å². The number of methoxy groups -OCH3 is 1. The molecule has 1 rings (SSSR count). The summed E-state index contributed by atoms with van der Waals surface area (Å²) in [7, 11) is 1.53. The second kappa shape index (κ2) is 5.05. The molecule has 0 aliphatic rings. The maximum absolute atomic E-state index is 5.92. The van der Waals surface area contributed by atoms with Crippen molar-refractivity contribution < 1.29 is 9.47 Å². The van der Waals surface area contributed by atoms with Crippen LogP contribution in [0, 0.1) is 0 Å². The summed E-state index contributed by atoms with van der Waals surface area (Å²) in [6.07, 6.45) is 0. The molecule has 0 heterocycles. The largest absolute Gasteiger partial charge is 0.464 e. The van der Waals surface area contributed by atoms with E-state index in [1.807, 2.05) is 0 Å². The maximum atomic E-state index is 5.92. The minimum absolute atomic E-state index is 0.121. The Balaban J connectivity index is 2.96. The SMILES string of the molecule is COCOc1c(Cl)ccc(Br)c1Cl. The highest BCUT2D eigenvalue weighted by Crippen LogP contribution is 2.37. The molecular formula is C8H7BrCl2O2. The summed E-state index contributed by atoms with van der Waals surface area (Å²) in [6.45, 7) is 0.121. The molecule has 13 heavy (non-hydrogen) atoms. The van der Waals surface area contributed by atoms with Gasteiger partial charge in [-0.1, -0.05) is 23.2 Å². The van der Waals surface area contributed by atoms with Gasteiger partial charge in [0.05, 0.1) is 10.0 Å². The minimum atomic E-state index is 0.121. The molecule has 0 bridgehead atoms. The van der Waals surface area contributed by atoms with Gasteiger partial charge >= 0.3 is 0 Å². The van der Waals surface area contributed by atoms with Crippen LogP contribution in [-0.2, 0) is 4.74 Å². The van der Waals surface area contributed by atoms with E-state index in [1.165, 1.54) is 7.11 Å². The normalized spacial score (nSPS) is 10.2. The van der Waals surface area contributed by atoms with E-state index in [4.69, 9.17) is 32.7 Å². The summed E-state index contributed by atoms with van der Waals surface area (Å²) in [6, 6.07) is 3.45. The Labute approximate surface area is 94.9 Å². The van der Waals surface area contributed by atoms with Crippen LogP contribution in [0.5, 0.6) is 5.75 Å². The van der Waals surface area contributed by atoms with Gasteiger partial charge in [0.15, 0.2) is 12.5 Å². The fourth-order valence-electron chi connectivity index (χ4n) is 0.759. The summed E-state index contributed by atoms with van der Waals surface area (Å²) < 4.78 is 10.7. The van der Waals surface area contributed by atoms with Gasteiger partial charge in [0.25, 0.3) is 0 Å². The van der Waals surface area contributed by atoms with E-state index in [9.17, 15) is 0 Å². The number of hydrogen-bond donors (Lipinski definition) is 0. The molecule has 0 atom stereocenters. The van der Waals surface area contributed by atoms with Crippen molar-refractivity contribution in [2.45, 2.75) is 0 Å². The molecule has 0 radical (unpaired) electrons. The molecule has 0 aromatic heterocycles. The quantitative estimate of drug-likeness (QED) is 0.622. The third kappa shape index (κ3) is 2.74. The van der Waals surface area contributed by atoms with E-state index in [0.29, 0.717) is 15.8 Å². The monoisotopic (exact) mass is 284 g/mol. The summed E-state index contributed by atoms with van der Waals surface area (Å²) in [4.78, 5) is 0. The standard InChI is InChI=1S/C8H7BrCl2O2/c1-12-4-13-8-6(10)3-2-5(9)7(8)11/h2-3H,4H2,1H3. The Morgan fingerprint density at radius 1 is 1.38 bits per heavy atom. The van der Waals surface area contributed by atoms with Crippen LogP contribution in [0.3, 0.4) is 0 Å². The Bertz CT molecular complexity index is 304. The highest BCUT2D eigenvalue weighted by atomic mass is 79.9. The number of hydrogen-bond acceptors (Lipinski definition) is 2. The zero-order valence-corrected chi connectivity index (χ0v) is 9.91. The van der Waals surface area contributed by atoms with Gasteiger partial charge in [0.1, 0.15) is 0 Å². The molecule has 0 spiro atoms. The van der Waals surface area contributed by atoms with Crippen molar-refractivity contribution >= 4 is 39.1 Å². The Morgan fingerprint density at radius 2 is 2.08 bits per heavy atom. The number of benzene rings is 1. The molecule has 0 saturated heterocycles.